The van der Waals surface area contributed by atoms with Crippen LogP contribution in [0.3, 0.4) is 0 Å². The van der Waals surface area contributed by atoms with Gasteiger partial charge in [0, 0.05) is 6.42 Å². The maximum absolute atomic E-state index is 12.9. The highest BCUT2D eigenvalue weighted by atomic mass is 16.7. The molecule has 2 fully saturated rings. The normalized spacial score (nSPS) is 27.0. The molecule has 0 radical (unpaired) electrons. The molecule has 0 saturated carbocycles. The van der Waals surface area contributed by atoms with E-state index < -0.39 is 99.3 Å². The summed E-state index contributed by atoms with van der Waals surface area (Å²) < 4.78 is 33.3. The summed E-state index contributed by atoms with van der Waals surface area (Å²) in [5, 5.41) is 71.9. The lowest BCUT2D eigenvalue weighted by Gasteiger charge is -2.42. The maximum atomic E-state index is 12.9. The predicted molar refractivity (Wildman–Crippen MR) is 247 cm³/mol. The van der Waals surface area contributed by atoms with Gasteiger partial charge in [0.05, 0.1) is 26.2 Å². The van der Waals surface area contributed by atoms with Crippen molar-refractivity contribution >= 4 is 11.9 Å². The monoisotopic (exact) mass is 923 g/mol. The smallest absolute Gasteiger partial charge is 0.310 e. The maximum Gasteiger partial charge on any atom is 0.310 e. The Hall–Kier alpha value is -3.06. The molecule has 0 aromatic carbocycles. The first-order chi connectivity index (χ1) is 31.5. The van der Waals surface area contributed by atoms with Gasteiger partial charge in [-0.1, -0.05) is 132 Å². The lowest BCUT2D eigenvalue weighted by Crippen LogP contribution is -2.61. The Morgan fingerprint density at radius 3 is 1.58 bits per heavy atom. The Balaban J connectivity index is 1.89. The van der Waals surface area contributed by atoms with E-state index in [0.717, 1.165) is 64.2 Å². The molecule has 2 heterocycles. The first kappa shape index (κ1) is 58.1. The predicted octanol–water partition coefficient (Wildman–Crippen LogP) is 5.87. The van der Waals surface area contributed by atoms with Crippen molar-refractivity contribution in [2.75, 3.05) is 26.4 Å². The fourth-order valence-electron chi connectivity index (χ4n) is 6.99. The third-order valence-electron chi connectivity index (χ3n) is 11.0. The Morgan fingerprint density at radius 1 is 0.523 bits per heavy atom. The molecule has 2 aliphatic rings. The molecule has 2 aliphatic heterocycles. The van der Waals surface area contributed by atoms with E-state index in [1.165, 1.54) is 32.1 Å². The van der Waals surface area contributed by atoms with E-state index in [4.69, 9.17) is 28.4 Å². The molecule has 11 atom stereocenters. The summed E-state index contributed by atoms with van der Waals surface area (Å²) in [6, 6.07) is 0. The molecule has 0 aliphatic carbocycles. The van der Waals surface area contributed by atoms with Crippen LogP contribution in [0.5, 0.6) is 0 Å². The van der Waals surface area contributed by atoms with Gasteiger partial charge in [-0.2, -0.15) is 0 Å². The van der Waals surface area contributed by atoms with Crippen LogP contribution in [0.15, 0.2) is 72.9 Å². The second-order valence-electron chi connectivity index (χ2n) is 16.6. The van der Waals surface area contributed by atoms with Gasteiger partial charge in [0.1, 0.15) is 55.4 Å². The van der Waals surface area contributed by atoms with Crippen LogP contribution in [0.25, 0.3) is 0 Å². The van der Waals surface area contributed by atoms with Gasteiger partial charge in [-0.05, 0) is 64.2 Å². The number of hydrogen-bond acceptors (Lipinski definition) is 15. The molecule has 15 nitrogen and oxygen atoms in total. The molecular weight excluding hydrogens is 841 g/mol. The van der Waals surface area contributed by atoms with E-state index in [2.05, 4.69) is 62.5 Å². The molecule has 7 N–H and O–H groups in total. The number of carbonyl (C=O) groups excluding carboxylic acids is 2. The van der Waals surface area contributed by atoms with Crippen molar-refractivity contribution in [3.8, 4) is 0 Å². The van der Waals surface area contributed by atoms with Gasteiger partial charge in [0.2, 0.25) is 0 Å². The molecule has 2 rings (SSSR count). The van der Waals surface area contributed by atoms with E-state index in [1.807, 2.05) is 18.2 Å². The number of unbranched alkanes of at least 4 members (excludes halogenated alkanes) is 10. The summed E-state index contributed by atoms with van der Waals surface area (Å²) in [5.74, 6) is -1.09. The SMILES string of the molecule is CC/C=C\C/C=C\C/C=C\C/C=C\C/C=C\CC(=O)OC(COC(=O)CCCCCCC/C=C\CCCCCCC)COC1OC(COC2OC(CO)C(O)C(O)C2O)C(O)C(O)C1O. The number of allylic oxidation sites excluding steroid dienone is 11. The van der Waals surface area contributed by atoms with Crippen LogP contribution in [0.1, 0.15) is 136 Å². The number of carbonyl (C=O) groups is 2. The van der Waals surface area contributed by atoms with Crippen molar-refractivity contribution in [3.63, 3.8) is 0 Å². The van der Waals surface area contributed by atoms with Crippen LogP contribution >= 0.6 is 0 Å². The Kier molecular flexibility index (Phi) is 33.0. The number of esters is 2. The zero-order valence-electron chi connectivity index (χ0n) is 38.9. The average molecular weight is 923 g/mol. The molecular formula is C50H82O15. The molecule has 0 amide bonds. The lowest BCUT2D eigenvalue weighted by atomic mass is 9.98. The molecule has 2 saturated heterocycles. The molecule has 65 heavy (non-hydrogen) atoms. The Morgan fingerprint density at radius 2 is 1.02 bits per heavy atom. The van der Waals surface area contributed by atoms with Crippen LogP contribution in [0, 0.1) is 0 Å². The van der Waals surface area contributed by atoms with E-state index >= 15 is 0 Å². The van der Waals surface area contributed by atoms with Gasteiger partial charge in [0.15, 0.2) is 18.7 Å². The summed E-state index contributed by atoms with van der Waals surface area (Å²) >= 11 is 0. The zero-order chi connectivity index (χ0) is 47.5. The quantitative estimate of drug-likeness (QED) is 0.0224. The fraction of sp³-hybridized carbons (Fsp3) is 0.720. The number of aliphatic hydroxyl groups is 7. The van der Waals surface area contributed by atoms with Crippen molar-refractivity contribution in [2.45, 2.75) is 203 Å². The molecule has 0 aromatic heterocycles. The summed E-state index contributed by atoms with van der Waals surface area (Å²) in [6.45, 7) is 2.32. The van der Waals surface area contributed by atoms with Gasteiger partial charge >= 0.3 is 11.9 Å². The number of ether oxygens (including phenoxy) is 6. The highest BCUT2D eigenvalue weighted by Gasteiger charge is 2.47. The second kappa shape index (κ2) is 37.0. The third kappa shape index (κ3) is 25.6. The molecule has 15 heteroatoms. The van der Waals surface area contributed by atoms with Gasteiger partial charge in [-0.25, -0.2) is 0 Å². The molecule has 372 valence electrons. The molecule has 0 aromatic rings. The van der Waals surface area contributed by atoms with Gasteiger partial charge in [0.25, 0.3) is 0 Å². The van der Waals surface area contributed by atoms with E-state index in [9.17, 15) is 45.3 Å². The minimum Gasteiger partial charge on any atom is -0.462 e. The fourth-order valence-corrected chi connectivity index (χ4v) is 6.99. The minimum absolute atomic E-state index is 0.0718. The molecule has 11 unspecified atom stereocenters. The summed E-state index contributed by atoms with van der Waals surface area (Å²) in [6.07, 6.45) is 25.4. The Labute approximate surface area is 387 Å². The van der Waals surface area contributed by atoms with Crippen molar-refractivity contribution in [3.05, 3.63) is 72.9 Å². The van der Waals surface area contributed by atoms with Crippen molar-refractivity contribution in [1.29, 1.82) is 0 Å². The molecule has 0 bridgehead atoms. The summed E-state index contributed by atoms with van der Waals surface area (Å²) in [4.78, 5) is 25.6. The van der Waals surface area contributed by atoms with Crippen molar-refractivity contribution in [1.82, 2.24) is 0 Å². The standard InChI is InChI=1S/C50H82O15/c1-3-5-7-9-11-13-15-17-19-21-23-25-27-29-31-33-42(53)63-38(35-60-41(52)32-30-28-26-24-22-20-18-16-14-12-10-8-6-4-2)36-61-49-48(59)46(57)44(55)40(65-49)37-62-50-47(58)45(56)43(54)39(34-51)64-50/h5,7,11,13,16-19,23,25,29,31,38-40,43-51,54-59H,3-4,6,8-10,12,14-15,20-22,24,26-28,30,32-37H2,1-2H3/b7-5-,13-11-,18-16-,19-17-,25-23-,31-29-. The van der Waals surface area contributed by atoms with Gasteiger partial charge in [-0.3, -0.25) is 9.59 Å². The van der Waals surface area contributed by atoms with Crippen molar-refractivity contribution < 1.29 is 73.8 Å². The van der Waals surface area contributed by atoms with Crippen LogP contribution in [0.4, 0.5) is 0 Å². The number of aliphatic hydroxyl groups excluding tert-OH is 7. The van der Waals surface area contributed by atoms with Gasteiger partial charge in [-0.15, -0.1) is 0 Å². The number of rotatable bonds is 35. The first-order valence-electron chi connectivity index (χ1n) is 24.0. The largest absolute Gasteiger partial charge is 0.462 e. The number of hydrogen-bond donors (Lipinski definition) is 7. The summed E-state index contributed by atoms with van der Waals surface area (Å²) in [7, 11) is 0. The highest BCUT2D eigenvalue weighted by molar-refractivity contribution is 5.71. The highest BCUT2D eigenvalue weighted by Crippen LogP contribution is 2.26. The van der Waals surface area contributed by atoms with Crippen LogP contribution < -0.4 is 0 Å². The Bertz CT molecular complexity index is 1410. The third-order valence-corrected chi connectivity index (χ3v) is 11.0. The zero-order valence-corrected chi connectivity index (χ0v) is 38.9. The van der Waals surface area contributed by atoms with Gasteiger partial charge < -0.3 is 64.2 Å². The lowest BCUT2D eigenvalue weighted by molar-refractivity contribution is -0.332. The topological polar surface area (TPSA) is 231 Å². The van der Waals surface area contributed by atoms with E-state index in [1.54, 1.807) is 6.08 Å². The average Bonchev–Trinajstić information content (AvgIpc) is 3.30. The van der Waals surface area contributed by atoms with Crippen LogP contribution in [0.2, 0.25) is 0 Å². The van der Waals surface area contributed by atoms with Crippen molar-refractivity contribution in [2.24, 2.45) is 0 Å². The first-order valence-corrected chi connectivity index (χ1v) is 24.0. The van der Waals surface area contributed by atoms with Crippen LogP contribution in [-0.4, -0.2) is 142 Å². The van der Waals surface area contributed by atoms with E-state index in [0.29, 0.717) is 12.8 Å². The van der Waals surface area contributed by atoms with E-state index in [-0.39, 0.29) is 19.4 Å². The minimum atomic E-state index is -1.78. The van der Waals surface area contributed by atoms with Crippen LogP contribution in [-0.2, 0) is 38.0 Å². The molecule has 0 spiro atoms. The second-order valence-corrected chi connectivity index (χ2v) is 16.6. The summed E-state index contributed by atoms with van der Waals surface area (Å²) in [5.41, 5.74) is 0.